The van der Waals surface area contributed by atoms with Crippen LogP contribution in [0.2, 0.25) is 0 Å². The molecule has 0 rings (SSSR count). The first-order valence-corrected chi connectivity index (χ1v) is 1.15. The Morgan fingerprint density at radius 2 is 1.40 bits per heavy atom. The summed E-state index contributed by atoms with van der Waals surface area (Å²) in [6.07, 6.45) is 0. The van der Waals surface area contributed by atoms with Gasteiger partial charge < -0.3 is 6.15 Å². The molecule has 0 unspecified atom stereocenters. The second-order valence-corrected chi connectivity index (χ2v) is 0.964. The van der Waals surface area contributed by atoms with E-state index in [-0.39, 0.29) is 6.15 Å². The Morgan fingerprint density at radius 1 is 1.40 bits per heavy atom. The van der Waals surface area contributed by atoms with Gasteiger partial charge in [-0.3, -0.25) is 10.9 Å². The van der Waals surface area contributed by atoms with Crippen molar-refractivity contribution in [1.82, 2.24) is 11.2 Å². The lowest BCUT2D eigenvalue weighted by Gasteiger charge is -1.91. The predicted octanol–water partition coefficient (Wildman–Crippen LogP) is -0.416. The summed E-state index contributed by atoms with van der Waals surface area (Å²) >= 11 is 0. The van der Waals surface area contributed by atoms with Crippen molar-refractivity contribution in [3.8, 4) is 0 Å². The topological polar surface area (TPSA) is 64.3 Å². The van der Waals surface area contributed by atoms with Crippen LogP contribution in [0.25, 0.3) is 0 Å². The molecule has 0 amide bonds. The number of nitrogens with two attached hydrogens (primary N) is 1. The molecule has 0 heterocycles. The SMILES string of the molecule is CN(C)N.N. The van der Waals surface area contributed by atoms with E-state index in [1.165, 1.54) is 5.01 Å². The van der Waals surface area contributed by atoms with E-state index in [1.54, 1.807) is 14.1 Å². The minimum absolute atomic E-state index is 0. The van der Waals surface area contributed by atoms with Crippen molar-refractivity contribution in [1.29, 1.82) is 0 Å². The molecule has 3 heteroatoms. The first-order valence-electron chi connectivity index (χ1n) is 1.15. The second-order valence-electron chi connectivity index (χ2n) is 0.964. The summed E-state index contributed by atoms with van der Waals surface area (Å²) in [5.41, 5.74) is 0. The molecule has 0 bridgehead atoms. The maximum absolute atomic E-state index is 4.94. The van der Waals surface area contributed by atoms with Crippen LogP contribution in [0.15, 0.2) is 0 Å². The molecule has 0 radical (unpaired) electrons. The van der Waals surface area contributed by atoms with Crippen LogP contribution in [-0.2, 0) is 0 Å². The summed E-state index contributed by atoms with van der Waals surface area (Å²) < 4.78 is 0. The van der Waals surface area contributed by atoms with Gasteiger partial charge in [-0.25, -0.2) is 0 Å². The number of hydrogen-bond acceptors (Lipinski definition) is 3. The summed E-state index contributed by atoms with van der Waals surface area (Å²) in [6, 6.07) is 0. The molecule has 0 spiro atoms. The quantitative estimate of drug-likeness (QED) is 0.305. The molecule has 5 heavy (non-hydrogen) atoms. The number of hydrogen-bond donors (Lipinski definition) is 2. The third-order valence-corrected chi connectivity index (χ3v) is 0. The molecule has 0 aromatic heterocycles. The highest BCUT2D eigenvalue weighted by molar-refractivity contribution is 4.01. The molecular formula is C2H11N3. The molecule has 0 atom stereocenters. The molecule has 0 aromatic rings. The monoisotopic (exact) mass is 77.1 g/mol. The lowest BCUT2D eigenvalue weighted by molar-refractivity contribution is 0.432. The maximum atomic E-state index is 4.94. The molecule has 0 aliphatic carbocycles. The first kappa shape index (κ1) is 8.86. The van der Waals surface area contributed by atoms with Crippen LogP contribution in [0.5, 0.6) is 0 Å². The van der Waals surface area contributed by atoms with Crippen LogP contribution in [-0.4, -0.2) is 19.1 Å². The molecule has 0 aromatic carbocycles. The predicted molar refractivity (Wildman–Crippen MR) is 22.9 cm³/mol. The molecular weight excluding hydrogens is 66.0 g/mol. The maximum Gasteiger partial charge on any atom is 0.00105 e. The van der Waals surface area contributed by atoms with E-state index in [2.05, 4.69) is 0 Å². The van der Waals surface area contributed by atoms with Gasteiger partial charge in [-0.05, 0) is 0 Å². The van der Waals surface area contributed by atoms with E-state index < -0.39 is 0 Å². The van der Waals surface area contributed by atoms with Gasteiger partial charge in [0.25, 0.3) is 0 Å². The Bertz CT molecular complexity index is 9.61. The lowest BCUT2D eigenvalue weighted by Crippen LogP contribution is -2.18. The summed E-state index contributed by atoms with van der Waals surface area (Å²) in [5, 5.41) is 1.50. The zero-order valence-corrected chi connectivity index (χ0v) is 3.73. The highest BCUT2D eigenvalue weighted by Gasteiger charge is 1.57. The van der Waals surface area contributed by atoms with Crippen molar-refractivity contribution >= 4 is 0 Å². The molecule has 0 aliphatic rings. The van der Waals surface area contributed by atoms with Gasteiger partial charge in [0.2, 0.25) is 0 Å². The van der Waals surface area contributed by atoms with Crippen LogP contribution in [0.4, 0.5) is 0 Å². The number of rotatable bonds is 0. The fraction of sp³-hybridized carbons (Fsp3) is 1.00. The van der Waals surface area contributed by atoms with Gasteiger partial charge in [-0.15, -0.1) is 0 Å². The Morgan fingerprint density at radius 3 is 1.40 bits per heavy atom. The van der Waals surface area contributed by atoms with E-state index in [0.29, 0.717) is 0 Å². The average Bonchev–Trinajstić information content (AvgIpc) is 0.811. The van der Waals surface area contributed by atoms with Gasteiger partial charge in [0, 0.05) is 14.1 Å². The molecule has 34 valence electrons. The Hall–Kier alpha value is -0.120. The molecule has 0 saturated carbocycles. The zero-order chi connectivity index (χ0) is 3.58. The normalized spacial score (nSPS) is 7.20. The minimum Gasteiger partial charge on any atom is -0.344 e. The van der Waals surface area contributed by atoms with Crippen molar-refractivity contribution < 1.29 is 0 Å². The van der Waals surface area contributed by atoms with E-state index in [0.717, 1.165) is 0 Å². The average molecular weight is 77.1 g/mol. The summed E-state index contributed by atoms with van der Waals surface area (Å²) in [6.45, 7) is 0. The second kappa shape index (κ2) is 3.88. The number of nitrogens with zero attached hydrogens (tertiary/aromatic N) is 1. The van der Waals surface area contributed by atoms with E-state index in [4.69, 9.17) is 5.84 Å². The van der Waals surface area contributed by atoms with Crippen molar-refractivity contribution in [3.05, 3.63) is 0 Å². The fourth-order valence-corrected chi connectivity index (χ4v) is 0. The van der Waals surface area contributed by atoms with Gasteiger partial charge in [-0.1, -0.05) is 0 Å². The largest absolute Gasteiger partial charge is 0.344 e. The lowest BCUT2D eigenvalue weighted by atomic mass is 11.2. The van der Waals surface area contributed by atoms with Crippen molar-refractivity contribution in [2.75, 3.05) is 14.1 Å². The van der Waals surface area contributed by atoms with Crippen LogP contribution < -0.4 is 12.0 Å². The van der Waals surface area contributed by atoms with E-state index in [1.807, 2.05) is 0 Å². The molecule has 5 N–H and O–H groups in total. The Labute approximate surface area is 32.3 Å². The summed E-state index contributed by atoms with van der Waals surface area (Å²) in [7, 11) is 3.56. The molecule has 0 aliphatic heterocycles. The van der Waals surface area contributed by atoms with Gasteiger partial charge >= 0.3 is 0 Å². The van der Waals surface area contributed by atoms with Crippen molar-refractivity contribution in [2.24, 2.45) is 5.84 Å². The Kier molecular flexibility index (Phi) is 6.87. The molecule has 0 saturated heterocycles. The van der Waals surface area contributed by atoms with Gasteiger partial charge in [0.15, 0.2) is 0 Å². The van der Waals surface area contributed by atoms with Crippen LogP contribution in [0, 0.1) is 0 Å². The van der Waals surface area contributed by atoms with Gasteiger partial charge in [-0.2, -0.15) is 0 Å². The fourth-order valence-electron chi connectivity index (χ4n) is 0. The summed E-state index contributed by atoms with van der Waals surface area (Å²) in [4.78, 5) is 0. The van der Waals surface area contributed by atoms with Crippen molar-refractivity contribution in [2.45, 2.75) is 0 Å². The highest BCUT2D eigenvalue weighted by Crippen LogP contribution is 1.37. The smallest absolute Gasteiger partial charge is 0.00105 e. The minimum atomic E-state index is 0. The third kappa shape index (κ3) is 952. The van der Waals surface area contributed by atoms with Crippen molar-refractivity contribution in [3.63, 3.8) is 0 Å². The van der Waals surface area contributed by atoms with E-state index in [9.17, 15) is 0 Å². The zero-order valence-electron chi connectivity index (χ0n) is 3.73. The summed E-state index contributed by atoms with van der Waals surface area (Å²) in [5.74, 6) is 4.94. The first-order chi connectivity index (χ1) is 1.73. The molecule has 0 fully saturated rings. The molecule has 3 nitrogen and oxygen atoms in total. The standard InChI is InChI=1S/C2H8N2.H3N/c1-4(2)3;/h3H2,1-2H3;1H3. The third-order valence-electron chi connectivity index (χ3n) is 0. The van der Waals surface area contributed by atoms with Gasteiger partial charge in [0.1, 0.15) is 0 Å². The Balaban J connectivity index is 0. The highest BCUT2D eigenvalue weighted by atomic mass is 15.4. The van der Waals surface area contributed by atoms with Gasteiger partial charge in [0.05, 0.1) is 0 Å². The van der Waals surface area contributed by atoms with Crippen LogP contribution >= 0.6 is 0 Å². The number of hydrazine groups is 1. The van der Waals surface area contributed by atoms with Crippen LogP contribution in [0.3, 0.4) is 0 Å². The van der Waals surface area contributed by atoms with E-state index >= 15 is 0 Å². The van der Waals surface area contributed by atoms with Crippen LogP contribution in [0.1, 0.15) is 0 Å².